The van der Waals surface area contributed by atoms with E-state index in [1.807, 2.05) is 30.9 Å². The van der Waals surface area contributed by atoms with Crippen molar-refractivity contribution in [1.29, 1.82) is 0 Å². The van der Waals surface area contributed by atoms with E-state index < -0.39 is 0 Å². The highest BCUT2D eigenvalue weighted by atomic mass is 32.1. The maximum atomic E-state index is 8.99. The summed E-state index contributed by atoms with van der Waals surface area (Å²) in [4.78, 5) is 1.18. The second-order valence-electron chi connectivity index (χ2n) is 4.12. The number of aromatic nitrogens is 2. The molecule has 2 N–H and O–H groups in total. The van der Waals surface area contributed by atoms with Crippen molar-refractivity contribution in [1.82, 2.24) is 15.1 Å². The van der Waals surface area contributed by atoms with E-state index in [0.29, 0.717) is 0 Å². The van der Waals surface area contributed by atoms with Crippen LogP contribution in [-0.2, 0) is 13.6 Å². The molecule has 1 unspecified atom stereocenters. The third-order valence-corrected chi connectivity index (χ3v) is 3.45. The molecule has 0 fully saturated rings. The van der Waals surface area contributed by atoms with Crippen LogP contribution in [0, 0.1) is 0 Å². The zero-order valence-corrected chi connectivity index (χ0v) is 10.9. The van der Waals surface area contributed by atoms with Crippen molar-refractivity contribution < 1.29 is 5.11 Å². The Balaban J connectivity index is 2.17. The molecule has 1 atom stereocenters. The molecule has 17 heavy (non-hydrogen) atoms. The molecule has 2 aromatic heterocycles. The predicted octanol–water partition coefficient (Wildman–Crippen LogP) is 1.62. The van der Waals surface area contributed by atoms with Crippen LogP contribution in [0.1, 0.15) is 12.5 Å². The summed E-state index contributed by atoms with van der Waals surface area (Å²) in [7, 11) is 1.93. The third-order valence-electron chi connectivity index (χ3n) is 2.57. The number of nitrogens with zero attached hydrogens (tertiary/aromatic N) is 2. The fraction of sp³-hybridized carbons (Fsp3) is 0.417. The third kappa shape index (κ3) is 2.94. The smallest absolute Gasteiger partial charge is 0.107 e. The first-order valence-electron chi connectivity index (χ1n) is 5.61. The molecule has 0 amide bonds. The first kappa shape index (κ1) is 12.3. The quantitative estimate of drug-likeness (QED) is 0.849. The number of thiophene rings is 1. The Bertz CT molecular complexity index is 464. The van der Waals surface area contributed by atoms with E-state index >= 15 is 0 Å². The summed E-state index contributed by atoms with van der Waals surface area (Å²) in [5.41, 5.74) is 2.19. The predicted molar refractivity (Wildman–Crippen MR) is 69.9 cm³/mol. The molecule has 2 rings (SSSR count). The van der Waals surface area contributed by atoms with Gasteiger partial charge in [0.05, 0.1) is 11.5 Å². The first-order chi connectivity index (χ1) is 8.20. The highest BCUT2D eigenvalue weighted by Crippen LogP contribution is 2.26. The zero-order chi connectivity index (χ0) is 12.3. The van der Waals surface area contributed by atoms with Crippen LogP contribution < -0.4 is 5.32 Å². The van der Waals surface area contributed by atoms with E-state index in [1.165, 1.54) is 4.88 Å². The van der Waals surface area contributed by atoms with Crippen molar-refractivity contribution in [2.75, 3.05) is 6.61 Å². The van der Waals surface area contributed by atoms with E-state index in [0.717, 1.165) is 17.8 Å². The summed E-state index contributed by atoms with van der Waals surface area (Å²) in [5, 5.41) is 18.8. The summed E-state index contributed by atoms with van der Waals surface area (Å²) in [6.07, 6.45) is 2.02. The van der Waals surface area contributed by atoms with Gasteiger partial charge < -0.3 is 10.4 Å². The van der Waals surface area contributed by atoms with Gasteiger partial charge in [-0.05, 0) is 18.4 Å². The average molecular weight is 251 g/mol. The lowest BCUT2D eigenvalue weighted by molar-refractivity contribution is 0.251. The highest BCUT2D eigenvalue weighted by Gasteiger charge is 2.11. The molecule has 0 aliphatic heterocycles. The van der Waals surface area contributed by atoms with Crippen LogP contribution in [0.2, 0.25) is 0 Å². The number of aryl methyl sites for hydroxylation is 1. The second kappa shape index (κ2) is 5.44. The Hall–Kier alpha value is -1.17. The molecule has 2 heterocycles. The average Bonchev–Trinajstić information content (AvgIpc) is 2.94. The summed E-state index contributed by atoms with van der Waals surface area (Å²) in [6, 6.07) is 4.21. The van der Waals surface area contributed by atoms with Gasteiger partial charge in [-0.3, -0.25) is 4.68 Å². The van der Waals surface area contributed by atoms with Crippen LogP contribution in [-0.4, -0.2) is 27.5 Å². The Morgan fingerprint density at radius 1 is 1.59 bits per heavy atom. The molecule has 0 spiro atoms. The summed E-state index contributed by atoms with van der Waals surface area (Å²) >= 11 is 1.69. The lowest BCUT2D eigenvalue weighted by Crippen LogP contribution is -2.28. The summed E-state index contributed by atoms with van der Waals surface area (Å²) in [6.45, 7) is 2.83. The lowest BCUT2D eigenvalue weighted by Gasteiger charge is -2.09. The van der Waals surface area contributed by atoms with Gasteiger partial charge in [0.15, 0.2) is 0 Å². The van der Waals surface area contributed by atoms with E-state index in [4.69, 9.17) is 5.11 Å². The number of hydrogen-bond acceptors (Lipinski definition) is 4. The largest absolute Gasteiger partial charge is 0.395 e. The highest BCUT2D eigenvalue weighted by molar-refractivity contribution is 7.13. The van der Waals surface area contributed by atoms with E-state index in [1.54, 1.807) is 11.3 Å². The van der Waals surface area contributed by atoms with Gasteiger partial charge in [0, 0.05) is 31.4 Å². The van der Waals surface area contributed by atoms with Crippen LogP contribution in [0.3, 0.4) is 0 Å². The number of nitrogens with one attached hydrogen (secondary N) is 1. The zero-order valence-electron chi connectivity index (χ0n) is 10.1. The van der Waals surface area contributed by atoms with Crippen molar-refractivity contribution in [3.63, 3.8) is 0 Å². The van der Waals surface area contributed by atoms with Crippen LogP contribution in [0.5, 0.6) is 0 Å². The molecule has 0 aliphatic rings. The van der Waals surface area contributed by atoms with Crippen molar-refractivity contribution in [3.05, 3.63) is 29.3 Å². The molecule has 0 aliphatic carbocycles. The molecular formula is C12H17N3OS. The van der Waals surface area contributed by atoms with E-state index in [-0.39, 0.29) is 12.6 Å². The lowest BCUT2D eigenvalue weighted by atomic mass is 10.2. The van der Waals surface area contributed by atoms with Gasteiger partial charge in [-0.2, -0.15) is 5.10 Å². The maximum Gasteiger partial charge on any atom is 0.107 e. The number of hydrogen-bond donors (Lipinski definition) is 2. The molecule has 2 aromatic rings. The normalized spacial score (nSPS) is 12.9. The molecule has 5 heteroatoms. The monoisotopic (exact) mass is 251 g/mol. The van der Waals surface area contributed by atoms with Gasteiger partial charge in [-0.25, -0.2) is 0 Å². The molecule has 0 radical (unpaired) electrons. The fourth-order valence-electron chi connectivity index (χ4n) is 1.64. The van der Waals surface area contributed by atoms with E-state index in [2.05, 4.69) is 21.9 Å². The van der Waals surface area contributed by atoms with Crippen molar-refractivity contribution in [2.45, 2.75) is 19.5 Å². The van der Waals surface area contributed by atoms with Gasteiger partial charge in [-0.15, -0.1) is 11.3 Å². The van der Waals surface area contributed by atoms with Gasteiger partial charge in [-0.1, -0.05) is 6.07 Å². The van der Waals surface area contributed by atoms with Gasteiger partial charge in [0.25, 0.3) is 0 Å². The number of aliphatic hydroxyl groups is 1. The van der Waals surface area contributed by atoms with Crippen LogP contribution in [0.15, 0.2) is 23.7 Å². The SMILES string of the molecule is CC(CO)NCc1cn(C)nc1-c1cccs1. The van der Waals surface area contributed by atoms with Crippen molar-refractivity contribution >= 4 is 11.3 Å². The molecule has 4 nitrogen and oxygen atoms in total. The topological polar surface area (TPSA) is 50.1 Å². The van der Waals surface area contributed by atoms with Crippen LogP contribution in [0.25, 0.3) is 10.6 Å². The molecular weight excluding hydrogens is 234 g/mol. The fourth-order valence-corrected chi connectivity index (χ4v) is 2.38. The van der Waals surface area contributed by atoms with Gasteiger partial charge in [0.2, 0.25) is 0 Å². The Kier molecular flexibility index (Phi) is 3.93. The second-order valence-corrected chi connectivity index (χ2v) is 5.07. The Morgan fingerprint density at radius 3 is 3.06 bits per heavy atom. The minimum Gasteiger partial charge on any atom is -0.395 e. The van der Waals surface area contributed by atoms with Crippen LogP contribution in [0.4, 0.5) is 0 Å². The van der Waals surface area contributed by atoms with Gasteiger partial charge in [0.1, 0.15) is 5.69 Å². The Labute approximate surface area is 105 Å². The van der Waals surface area contributed by atoms with Crippen LogP contribution >= 0.6 is 11.3 Å². The first-order valence-corrected chi connectivity index (χ1v) is 6.49. The number of aliphatic hydroxyl groups excluding tert-OH is 1. The minimum absolute atomic E-state index is 0.103. The van der Waals surface area contributed by atoms with Crippen molar-refractivity contribution in [2.24, 2.45) is 7.05 Å². The molecule has 0 bridgehead atoms. The van der Waals surface area contributed by atoms with Crippen molar-refractivity contribution in [3.8, 4) is 10.6 Å². The Morgan fingerprint density at radius 2 is 2.41 bits per heavy atom. The minimum atomic E-state index is 0.103. The summed E-state index contributed by atoms with van der Waals surface area (Å²) in [5.74, 6) is 0. The van der Waals surface area contributed by atoms with Gasteiger partial charge >= 0.3 is 0 Å². The molecule has 0 aromatic carbocycles. The summed E-state index contributed by atoms with van der Waals surface area (Å²) < 4.78 is 1.83. The van der Waals surface area contributed by atoms with E-state index in [9.17, 15) is 0 Å². The molecule has 0 saturated heterocycles. The maximum absolute atomic E-state index is 8.99. The standard InChI is InChI=1S/C12H17N3OS/c1-9(8-16)13-6-10-7-15(2)14-12(10)11-4-3-5-17-11/h3-5,7,9,13,16H,6,8H2,1-2H3. The molecule has 0 saturated carbocycles. The number of rotatable bonds is 5. The molecule has 92 valence electrons.